The fourth-order valence-corrected chi connectivity index (χ4v) is 1.99. The van der Waals surface area contributed by atoms with E-state index in [2.05, 4.69) is 0 Å². The highest BCUT2D eigenvalue weighted by Gasteiger charge is 2.29. The Morgan fingerprint density at radius 2 is 1.53 bits per heavy atom. The summed E-state index contributed by atoms with van der Waals surface area (Å²) in [5.41, 5.74) is -0.452. The Balaban J connectivity index is 2.99. The normalized spacial score (nSPS) is 15.0. The minimum Gasteiger partial charge on any atom is -0.390 e. The van der Waals surface area contributed by atoms with Gasteiger partial charge < -0.3 is 10.2 Å². The number of hydrogen-bond acceptors (Lipinski definition) is 2. The van der Waals surface area contributed by atoms with Gasteiger partial charge in [0.05, 0.1) is 11.7 Å². The molecule has 0 saturated heterocycles. The maximum Gasteiger partial charge on any atom is 0.132 e. The molecule has 1 aromatic carbocycles. The van der Waals surface area contributed by atoms with Crippen LogP contribution in [0.3, 0.4) is 0 Å². The van der Waals surface area contributed by atoms with Gasteiger partial charge in [-0.2, -0.15) is 0 Å². The highest BCUT2D eigenvalue weighted by Crippen LogP contribution is 2.29. The lowest BCUT2D eigenvalue weighted by Crippen LogP contribution is -2.28. The highest BCUT2D eigenvalue weighted by molar-refractivity contribution is 5.23. The van der Waals surface area contributed by atoms with E-state index in [1.54, 1.807) is 0 Å². The molecule has 0 heterocycles. The molecular weight excluding hydrogens is 226 g/mol. The molecule has 0 fully saturated rings. The van der Waals surface area contributed by atoms with E-state index in [9.17, 15) is 19.0 Å². The summed E-state index contributed by atoms with van der Waals surface area (Å²) in [6.07, 6.45) is -1.40. The van der Waals surface area contributed by atoms with E-state index >= 15 is 0 Å². The summed E-state index contributed by atoms with van der Waals surface area (Å²) in [6, 6.07) is 3.37. The van der Waals surface area contributed by atoms with Crippen LogP contribution in [-0.4, -0.2) is 16.3 Å². The molecule has 0 amide bonds. The SMILES string of the molecule is CCC(CC)C(O)C(O)c1c(F)cccc1F. The minimum absolute atomic E-state index is 0.177. The number of hydrogen-bond donors (Lipinski definition) is 2. The highest BCUT2D eigenvalue weighted by atomic mass is 19.1. The van der Waals surface area contributed by atoms with E-state index in [0.717, 1.165) is 12.1 Å². The second kappa shape index (κ2) is 6.07. The maximum absolute atomic E-state index is 13.4. The van der Waals surface area contributed by atoms with Gasteiger partial charge in [0.15, 0.2) is 0 Å². The van der Waals surface area contributed by atoms with Gasteiger partial charge in [0, 0.05) is 0 Å². The van der Waals surface area contributed by atoms with Crippen molar-refractivity contribution >= 4 is 0 Å². The van der Waals surface area contributed by atoms with E-state index in [4.69, 9.17) is 0 Å². The van der Waals surface area contributed by atoms with E-state index in [0.29, 0.717) is 12.8 Å². The first-order valence-corrected chi connectivity index (χ1v) is 5.82. The van der Waals surface area contributed by atoms with E-state index in [1.165, 1.54) is 6.07 Å². The van der Waals surface area contributed by atoms with Crippen molar-refractivity contribution < 1.29 is 19.0 Å². The summed E-state index contributed by atoms with van der Waals surface area (Å²) in [6.45, 7) is 3.73. The van der Waals surface area contributed by atoms with Gasteiger partial charge in [0.1, 0.15) is 17.7 Å². The van der Waals surface area contributed by atoms with Gasteiger partial charge >= 0.3 is 0 Å². The summed E-state index contributed by atoms with van der Waals surface area (Å²) in [5.74, 6) is -1.84. The van der Waals surface area contributed by atoms with Crippen molar-refractivity contribution in [1.29, 1.82) is 0 Å². The van der Waals surface area contributed by atoms with Crippen molar-refractivity contribution in [3.8, 4) is 0 Å². The zero-order valence-corrected chi connectivity index (χ0v) is 10.0. The van der Waals surface area contributed by atoms with Gasteiger partial charge in [0.25, 0.3) is 0 Å². The summed E-state index contributed by atoms with van der Waals surface area (Å²) in [4.78, 5) is 0. The lowest BCUT2D eigenvalue weighted by molar-refractivity contribution is -0.0243. The van der Waals surface area contributed by atoms with E-state index in [-0.39, 0.29) is 5.92 Å². The van der Waals surface area contributed by atoms with Gasteiger partial charge in [0.2, 0.25) is 0 Å². The number of benzene rings is 1. The summed E-state index contributed by atoms with van der Waals surface area (Å²) < 4.78 is 26.8. The molecule has 0 aromatic heterocycles. The van der Waals surface area contributed by atoms with Crippen LogP contribution in [-0.2, 0) is 0 Å². The molecule has 2 unspecified atom stereocenters. The molecule has 0 aliphatic heterocycles. The van der Waals surface area contributed by atoms with Crippen molar-refractivity contribution in [3.63, 3.8) is 0 Å². The Kier molecular flexibility index (Phi) is 5.02. The van der Waals surface area contributed by atoms with Crippen LogP contribution in [0.25, 0.3) is 0 Å². The summed E-state index contributed by atoms with van der Waals surface area (Å²) in [7, 11) is 0. The van der Waals surface area contributed by atoms with Crippen LogP contribution in [0.1, 0.15) is 38.4 Å². The molecule has 96 valence electrons. The number of rotatable bonds is 5. The van der Waals surface area contributed by atoms with Crippen molar-refractivity contribution in [3.05, 3.63) is 35.4 Å². The average molecular weight is 244 g/mol. The average Bonchev–Trinajstić information content (AvgIpc) is 2.30. The summed E-state index contributed by atoms with van der Waals surface area (Å²) >= 11 is 0. The third kappa shape index (κ3) is 3.01. The van der Waals surface area contributed by atoms with Gasteiger partial charge in [-0.05, 0) is 18.1 Å². The van der Waals surface area contributed by atoms with E-state index < -0.39 is 29.4 Å². The predicted octanol–water partition coefficient (Wildman–Crippen LogP) is 2.80. The topological polar surface area (TPSA) is 40.5 Å². The molecule has 0 saturated carbocycles. The molecular formula is C13H18F2O2. The van der Waals surface area contributed by atoms with Gasteiger partial charge in [-0.25, -0.2) is 8.78 Å². The van der Waals surface area contributed by atoms with Crippen LogP contribution in [0.4, 0.5) is 8.78 Å². The maximum atomic E-state index is 13.4. The van der Waals surface area contributed by atoms with Crippen LogP contribution in [0, 0.1) is 17.6 Å². The molecule has 2 atom stereocenters. The lowest BCUT2D eigenvalue weighted by Gasteiger charge is -2.25. The molecule has 0 aliphatic rings. The second-order valence-electron chi connectivity index (χ2n) is 4.15. The third-order valence-corrected chi connectivity index (χ3v) is 3.15. The summed E-state index contributed by atoms with van der Waals surface area (Å²) in [5, 5.41) is 19.7. The quantitative estimate of drug-likeness (QED) is 0.836. The van der Waals surface area contributed by atoms with Crippen LogP contribution in [0.5, 0.6) is 0 Å². The molecule has 1 aromatic rings. The molecule has 0 radical (unpaired) electrons. The molecule has 0 bridgehead atoms. The number of halogens is 2. The van der Waals surface area contributed by atoms with Gasteiger partial charge in [-0.1, -0.05) is 32.8 Å². The van der Waals surface area contributed by atoms with Gasteiger partial charge in [-0.15, -0.1) is 0 Å². The van der Waals surface area contributed by atoms with Crippen molar-refractivity contribution in [1.82, 2.24) is 0 Å². The zero-order chi connectivity index (χ0) is 13.0. The smallest absolute Gasteiger partial charge is 0.132 e. The minimum atomic E-state index is -1.53. The number of aliphatic hydroxyl groups excluding tert-OH is 2. The largest absolute Gasteiger partial charge is 0.390 e. The van der Waals surface area contributed by atoms with Crippen molar-refractivity contribution in [2.75, 3.05) is 0 Å². The Morgan fingerprint density at radius 1 is 1.06 bits per heavy atom. The Morgan fingerprint density at radius 3 is 1.94 bits per heavy atom. The van der Waals surface area contributed by atoms with E-state index in [1.807, 2.05) is 13.8 Å². The van der Waals surface area contributed by atoms with Crippen LogP contribution >= 0.6 is 0 Å². The fraction of sp³-hybridized carbons (Fsp3) is 0.538. The van der Waals surface area contributed by atoms with Crippen LogP contribution in [0.15, 0.2) is 18.2 Å². The molecule has 0 spiro atoms. The first-order chi connectivity index (χ1) is 8.02. The molecule has 4 heteroatoms. The Hall–Kier alpha value is -1.00. The molecule has 1 rings (SSSR count). The lowest BCUT2D eigenvalue weighted by atomic mass is 9.89. The monoisotopic (exact) mass is 244 g/mol. The molecule has 17 heavy (non-hydrogen) atoms. The Bertz CT molecular complexity index is 344. The van der Waals surface area contributed by atoms with Crippen molar-refractivity contribution in [2.45, 2.75) is 38.9 Å². The predicted molar refractivity (Wildman–Crippen MR) is 61.4 cm³/mol. The Labute approximate surface area is 99.9 Å². The second-order valence-corrected chi connectivity index (χ2v) is 4.15. The fourth-order valence-electron chi connectivity index (χ4n) is 1.99. The molecule has 2 nitrogen and oxygen atoms in total. The standard InChI is InChI=1S/C13H18F2O2/c1-3-8(4-2)12(16)13(17)11-9(14)6-5-7-10(11)15/h5-8,12-13,16-17H,3-4H2,1-2H3. The van der Waals surface area contributed by atoms with Gasteiger partial charge in [-0.3, -0.25) is 0 Å². The van der Waals surface area contributed by atoms with Crippen molar-refractivity contribution in [2.24, 2.45) is 5.92 Å². The molecule has 0 aliphatic carbocycles. The zero-order valence-electron chi connectivity index (χ0n) is 10.0. The third-order valence-electron chi connectivity index (χ3n) is 3.15. The number of aliphatic hydroxyl groups is 2. The molecule has 2 N–H and O–H groups in total. The van der Waals surface area contributed by atoms with Crippen LogP contribution in [0.2, 0.25) is 0 Å². The first kappa shape index (κ1) is 14.1. The van der Waals surface area contributed by atoms with Crippen LogP contribution < -0.4 is 0 Å². The first-order valence-electron chi connectivity index (χ1n) is 5.82.